The largest absolute Gasteiger partial charge is 0.456 e. The van der Waals surface area contributed by atoms with Crippen molar-refractivity contribution in [3.63, 3.8) is 0 Å². The lowest BCUT2D eigenvalue weighted by Crippen LogP contribution is -2.09. The Morgan fingerprint density at radius 1 is 0.317 bits per heavy atom. The van der Waals surface area contributed by atoms with Crippen LogP contribution in [0.3, 0.4) is 0 Å². The maximum Gasteiger partial charge on any atom is 0.142 e. The van der Waals surface area contributed by atoms with Crippen molar-refractivity contribution in [2.24, 2.45) is 0 Å². The molecule has 0 aliphatic rings. The van der Waals surface area contributed by atoms with E-state index in [1.54, 1.807) is 0 Å². The number of anilines is 6. The van der Waals surface area contributed by atoms with E-state index in [0.717, 1.165) is 94.3 Å². The predicted octanol–water partition coefficient (Wildman–Crippen LogP) is 18.1. The Morgan fingerprint density at radius 2 is 0.698 bits per heavy atom. The smallest absolute Gasteiger partial charge is 0.142 e. The van der Waals surface area contributed by atoms with Gasteiger partial charge in [-0.25, -0.2) is 0 Å². The number of hydrogen-bond acceptors (Lipinski definition) is 4. The van der Waals surface area contributed by atoms with Crippen LogP contribution in [-0.2, 0) is 0 Å². The molecule has 2 aromatic heterocycles. The molecule has 0 saturated heterocycles. The highest BCUT2D eigenvalue weighted by atomic mass is 16.3. The Kier molecular flexibility index (Phi) is 9.35. The van der Waals surface area contributed by atoms with Crippen LogP contribution in [0.4, 0.5) is 34.1 Å². The Bertz CT molecular complexity index is 3240. The fraction of sp³-hybridized carbons (Fsp3) is 0.153. The minimum Gasteiger partial charge on any atom is -0.456 e. The van der Waals surface area contributed by atoms with Crippen molar-refractivity contribution >= 4 is 99.5 Å². The molecule has 0 aliphatic carbocycles. The van der Waals surface area contributed by atoms with Crippen LogP contribution in [0.2, 0.25) is 0 Å². The highest BCUT2D eigenvalue weighted by Crippen LogP contribution is 2.46. The molecule has 308 valence electrons. The molecule has 0 radical (unpaired) electrons. The minimum atomic E-state index is 0.169. The Hall–Kier alpha value is -7.30. The summed E-state index contributed by atoms with van der Waals surface area (Å²) in [6, 6.07) is 64.0. The second-order valence-electron chi connectivity index (χ2n) is 18.0. The summed E-state index contributed by atoms with van der Waals surface area (Å²) in [6.45, 7) is 13.4. The first kappa shape index (κ1) is 38.6. The molecule has 0 atom stereocenters. The van der Waals surface area contributed by atoms with Gasteiger partial charge >= 0.3 is 0 Å². The molecule has 4 heteroatoms. The highest BCUT2D eigenvalue weighted by Gasteiger charge is 2.23. The van der Waals surface area contributed by atoms with E-state index < -0.39 is 0 Å². The summed E-state index contributed by atoms with van der Waals surface area (Å²) >= 11 is 0. The molecule has 0 spiro atoms. The minimum absolute atomic E-state index is 0.169. The molecular formula is C59H50N2O2. The van der Waals surface area contributed by atoms with Crippen molar-refractivity contribution in [3.05, 3.63) is 193 Å². The molecular weight excluding hydrogens is 769 g/mol. The molecule has 4 nitrogen and oxygen atoms in total. The average Bonchev–Trinajstić information content (AvgIpc) is 3.83. The summed E-state index contributed by atoms with van der Waals surface area (Å²) in [5.74, 6) is 1.11. The van der Waals surface area contributed by atoms with E-state index in [1.807, 2.05) is 0 Å². The number of hydrogen-bond donors (Lipinski definition) is 0. The van der Waals surface area contributed by atoms with Crippen LogP contribution in [-0.4, -0.2) is 0 Å². The van der Waals surface area contributed by atoms with Gasteiger partial charge in [0.25, 0.3) is 0 Å². The molecule has 63 heavy (non-hydrogen) atoms. The molecule has 0 aliphatic heterocycles. The van der Waals surface area contributed by atoms with Gasteiger partial charge in [-0.05, 0) is 154 Å². The molecule has 9 aromatic carbocycles. The molecule has 11 aromatic rings. The number of rotatable bonds is 9. The third kappa shape index (κ3) is 6.69. The van der Waals surface area contributed by atoms with Crippen molar-refractivity contribution < 1.29 is 8.83 Å². The first-order valence-corrected chi connectivity index (χ1v) is 22.3. The third-order valence-electron chi connectivity index (χ3n) is 12.9. The van der Waals surface area contributed by atoms with Gasteiger partial charge in [0.2, 0.25) is 0 Å². The Morgan fingerprint density at radius 3 is 1.08 bits per heavy atom. The SMILES string of the molecule is CC(C)c1ccc(N(c2ccccc2)c2ccc3cc4c(cc3c2)oc2c(C(C)C)c3oc5cc6cc(N(c7ccccc7)c7ccc(C(C)C)cc7)ccc6cc5c3cc24)cc1. The van der Waals surface area contributed by atoms with Crippen LogP contribution < -0.4 is 9.80 Å². The number of fused-ring (bicyclic) bond motifs is 8. The van der Waals surface area contributed by atoms with Gasteiger partial charge in [0.1, 0.15) is 22.3 Å². The average molecular weight is 819 g/mol. The standard InChI is InChI=1S/C59H50N2O2/c1-36(2)39-17-23-47(24-18-39)60(45-13-9-7-10-14-45)49-27-21-41-31-51-53-35-54-52-32-42-22-28-50(61(46-15-11-8-12-16-46)48-25-19-40(20-26-48)37(3)4)30-44(42)34-56(52)63-59(54)57(38(5)6)58(53)62-55(51)33-43(41)29-49/h7-38H,1-6H3. The van der Waals surface area contributed by atoms with Gasteiger partial charge in [-0.2, -0.15) is 0 Å². The monoisotopic (exact) mass is 818 g/mol. The first-order chi connectivity index (χ1) is 30.7. The van der Waals surface area contributed by atoms with Crippen molar-refractivity contribution in [2.45, 2.75) is 59.3 Å². The lowest BCUT2D eigenvalue weighted by molar-refractivity contribution is 0.638. The van der Waals surface area contributed by atoms with Gasteiger partial charge in [0.05, 0.1) is 0 Å². The van der Waals surface area contributed by atoms with E-state index in [1.165, 1.54) is 21.9 Å². The van der Waals surface area contributed by atoms with Gasteiger partial charge in [0.15, 0.2) is 0 Å². The zero-order valence-corrected chi connectivity index (χ0v) is 36.7. The summed E-state index contributed by atoms with van der Waals surface area (Å²) in [6.07, 6.45) is 0. The van der Waals surface area contributed by atoms with Crippen LogP contribution in [0.25, 0.3) is 65.4 Å². The highest BCUT2D eigenvalue weighted by molar-refractivity contribution is 6.20. The fourth-order valence-corrected chi connectivity index (χ4v) is 9.49. The van der Waals surface area contributed by atoms with Crippen molar-refractivity contribution in [1.82, 2.24) is 0 Å². The van der Waals surface area contributed by atoms with Crippen LogP contribution in [0, 0.1) is 0 Å². The summed E-state index contributed by atoms with van der Waals surface area (Å²) in [7, 11) is 0. The van der Waals surface area contributed by atoms with E-state index in [0.29, 0.717) is 11.8 Å². The van der Waals surface area contributed by atoms with E-state index in [-0.39, 0.29) is 5.92 Å². The summed E-state index contributed by atoms with van der Waals surface area (Å²) in [5, 5.41) is 9.05. The Balaban J connectivity index is 1.03. The summed E-state index contributed by atoms with van der Waals surface area (Å²) in [5.41, 5.74) is 14.0. The van der Waals surface area contributed by atoms with Crippen LogP contribution >= 0.6 is 0 Å². The topological polar surface area (TPSA) is 32.8 Å². The second-order valence-corrected chi connectivity index (χ2v) is 18.0. The molecule has 0 unspecified atom stereocenters. The lowest BCUT2D eigenvalue weighted by atomic mass is 9.95. The van der Waals surface area contributed by atoms with Crippen LogP contribution in [0.1, 0.15) is 76.0 Å². The van der Waals surface area contributed by atoms with Crippen LogP contribution in [0.15, 0.2) is 185 Å². The van der Waals surface area contributed by atoms with Gasteiger partial charge < -0.3 is 18.6 Å². The van der Waals surface area contributed by atoms with Gasteiger partial charge in [-0.15, -0.1) is 0 Å². The number of nitrogens with zero attached hydrogens (tertiary/aromatic N) is 2. The molecule has 11 rings (SSSR count). The van der Waals surface area contributed by atoms with Crippen LogP contribution in [0.5, 0.6) is 0 Å². The predicted molar refractivity (Wildman–Crippen MR) is 268 cm³/mol. The quantitative estimate of drug-likeness (QED) is 0.145. The Labute approximate surface area is 368 Å². The molecule has 0 saturated carbocycles. The number of furan rings is 2. The maximum absolute atomic E-state index is 6.91. The third-order valence-corrected chi connectivity index (χ3v) is 12.9. The molecule has 0 amide bonds. The summed E-state index contributed by atoms with van der Waals surface area (Å²) < 4.78 is 13.8. The van der Waals surface area contributed by atoms with Gasteiger partial charge in [-0.3, -0.25) is 0 Å². The zero-order valence-electron chi connectivity index (χ0n) is 36.7. The second kappa shape index (κ2) is 15.3. The first-order valence-electron chi connectivity index (χ1n) is 22.3. The zero-order chi connectivity index (χ0) is 42.9. The maximum atomic E-state index is 6.91. The van der Waals surface area contributed by atoms with Gasteiger partial charge in [0, 0.05) is 61.2 Å². The number of benzene rings is 9. The fourth-order valence-electron chi connectivity index (χ4n) is 9.49. The molecule has 0 N–H and O–H groups in total. The van der Waals surface area contributed by atoms with E-state index >= 15 is 0 Å². The van der Waals surface area contributed by atoms with E-state index in [9.17, 15) is 0 Å². The van der Waals surface area contributed by atoms with Crippen molar-refractivity contribution in [2.75, 3.05) is 9.80 Å². The number of para-hydroxylation sites is 2. The van der Waals surface area contributed by atoms with E-state index in [4.69, 9.17) is 8.83 Å². The molecule has 0 fully saturated rings. The molecule has 2 heterocycles. The summed E-state index contributed by atoms with van der Waals surface area (Å²) in [4.78, 5) is 4.66. The molecule has 0 bridgehead atoms. The lowest BCUT2D eigenvalue weighted by Gasteiger charge is -2.26. The van der Waals surface area contributed by atoms with Gasteiger partial charge in [-0.1, -0.05) is 114 Å². The normalized spacial score (nSPS) is 12.1. The van der Waals surface area contributed by atoms with Crippen molar-refractivity contribution in [1.29, 1.82) is 0 Å². The van der Waals surface area contributed by atoms with E-state index in [2.05, 4.69) is 227 Å². The van der Waals surface area contributed by atoms with Crippen molar-refractivity contribution in [3.8, 4) is 0 Å².